The van der Waals surface area contributed by atoms with Crippen molar-refractivity contribution >= 4 is 22.8 Å². The first-order chi connectivity index (χ1) is 17.1. The van der Waals surface area contributed by atoms with Crippen molar-refractivity contribution in [2.24, 2.45) is 0 Å². The number of fused-ring (bicyclic) bond motifs is 1. The molecule has 0 atom stereocenters. The van der Waals surface area contributed by atoms with Crippen LogP contribution in [0.5, 0.6) is 5.75 Å². The molecule has 0 spiro atoms. The summed E-state index contributed by atoms with van der Waals surface area (Å²) in [5.41, 5.74) is 1.85. The van der Waals surface area contributed by atoms with Gasteiger partial charge in [0, 0.05) is 26.1 Å². The van der Waals surface area contributed by atoms with Gasteiger partial charge in [-0.15, -0.1) is 13.2 Å². The summed E-state index contributed by atoms with van der Waals surface area (Å²) in [5.74, 6) is 1.46. The zero-order chi connectivity index (χ0) is 24.9. The molecule has 1 heterocycles. The maximum Gasteiger partial charge on any atom is 0.257 e. The van der Waals surface area contributed by atoms with Crippen molar-refractivity contribution in [1.29, 1.82) is 0 Å². The van der Waals surface area contributed by atoms with E-state index in [2.05, 4.69) is 18.5 Å². The molecule has 1 N–H and O–H groups in total. The Hall–Kier alpha value is -3.87. The van der Waals surface area contributed by atoms with Crippen molar-refractivity contribution in [3.05, 3.63) is 85.7 Å². The Balaban J connectivity index is 1.48. The number of benzene rings is 2. The number of carbonyl (C=O) groups excluding carboxylic acids is 2. The highest BCUT2D eigenvalue weighted by Crippen LogP contribution is 2.18. The highest BCUT2D eigenvalue weighted by Gasteiger charge is 2.17. The smallest absolute Gasteiger partial charge is 0.257 e. The molecule has 184 valence electrons. The highest BCUT2D eigenvalue weighted by atomic mass is 16.5. The monoisotopic (exact) mass is 474 g/mol. The first kappa shape index (κ1) is 25.7. The molecule has 0 aliphatic heterocycles. The molecule has 35 heavy (non-hydrogen) atoms. The lowest BCUT2D eigenvalue weighted by atomic mass is 10.2. The first-order valence-electron chi connectivity index (χ1n) is 12.0. The number of nitrogens with zero attached hydrogens (tertiary/aromatic N) is 3. The van der Waals surface area contributed by atoms with E-state index in [1.807, 2.05) is 59.2 Å². The topological polar surface area (TPSA) is 76.5 Å². The maximum atomic E-state index is 12.9. The summed E-state index contributed by atoms with van der Waals surface area (Å²) in [5, 5.41) is 2.90. The first-order valence-corrected chi connectivity index (χ1v) is 12.0. The number of nitrogens with one attached hydrogen (secondary N) is 1. The van der Waals surface area contributed by atoms with Crippen molar-refractivity contribution in [2.45, 2.75) is 32.2 Å². The number of carbonyl (C=O) groups is 2. The Morgan fingerprint density at radius 2 is 1.69 bits per heavy atom. The zero-order valence-corrected chi connectivity index (χ0v) is 20.2. The number of hydrogen-bond donors (Lipinski definition) is 1. The predicted octanol–water partition coefficient (Wildman–Crippen LogP) is 4.14. The fourth-order valence-corrected chi connectivity index (χ4v) is 3.85. The molecule has 0 aliphatic carbocycles. The fourth-order valence-electron chi connectivity index (χ4n) is 3.85. The number of para-hydroxylation sites is 3. The second kappa shape index (κ2) is 13.7. The molecular formula is C28H34N4O3. The maximum absolute atomic E-state index is 12.9. The van der Waals surface area contributed by atoms with Crippen molar-refractivity contribution in [3.63, 3.8) is 0 Å². The molecular weight excluding hydrogens is 440 g/mol. The Kier molecular flexibility index (Phi) is 10.1. The predicted molar refractivity (Wildman–Crippen MR) is 139 cm³/mol. The molecule has 0 radical (unpaired) electrons. The average Bonchev–Trinajstić information content (AvgIpc) is 3.22. The highest BCUT2D eigenvalue weighted by molar-refractivity contribution is 5.81. The molecule has 3 rings (SSSR count). The molecule has 0 saturated carbocycles. The van der Waals surface area contributed by atoms with E-state index in [9.17, 15) is 9.59 Å². The third-order valence-electron chi connectivity index (χ3n) is 5.59. The van der Waals surface area contributed by atoms with Crippen molar-refractivity contribution < 1.29 is 14.3 Å². The molecule has 0 fully saturated rings. The van der Waals surface area contributed by atoms with Gasteiger partial charge in [-0.2, -0.15) is 0 Å². The van der Waals surface area contributed by atoms with Crippen LogP contribution in [0, 0.1) is 0 Å². The number of rotatable bonds is 15. The Bertz CT molecular complexity index is 1110. The van der Waals surface area contributed by atoms with Crippen LogP contribution in [0.25, 0.3) is 11.0 Å². The minimum Gasteiger partial charge on any atom is -0.484 e. The van der Waals surface area contributed by atoms with E-state index in [0.29, 0.717) is 25.4 Å². The number of aromatic nitrogens is 2. The minimum atomic E-state index is -0.127. The third-order valence-corrected chi connectivity index (χ3v) is 5.59. The van der Waals surface area contributed by atoms with E-state index in [-0.39, 0.29) is 25.0 Å². The van der Waals surface area contributed by atoms with Gasteiger partial charge in [0.05, 0.1) is 11.0 Å². The number of imidazole rings is 1. The molecule has 0 saturated heterocycles. The van der Waals surface area contributed by atoms with Crippen LogP contribution >= 0.6 is 0 Å². The van der Waals surface area contributed by atoms with Crippen LogP contribution in [0.4, 0.5) is 0 Å². The Morgan fingerprint density at radius 1 is 0.971 bits per heavy atom. The molecule has 7 heteroatoms. The lowest BCUT2D eigenvalue weighted by molar-refractivity contribution is -0.130. The minimum absolute atomic E-state index is 0.00892. The van der Waals surface area contributed by atoms with Gasteiger partial charge in [-0.1, -0.05) is 48.9 Å². The number of aryl methyl sites for hydroxylation is 1. The lowest BCUT2D eigenvalue weighted by Crippen LogP contribution is -2.34. The second-order valence-electron chi connectivity index (χ2n) is 8.24. The van der Waals surface area contributed by atoms with Crippen LogP contribution in [0.15, 0.2) is 79.9 Å². The van der Waals surface area contributed by atoms with Crippen molar-refractivity contribution in [2.75, 3.05) is 26.2 Å². The van der Waals surface area contributed by atoms with Crippen LogP contribution in [0.3, 0.4) is 0 Å². The summed E-state index contributed by atoms with van der Waals surface area (Å²) in [4.78, 5) is 31.4. The van der Waals surface area contributed by atoms with E-state index < -0.39 is 0 Å². The molecule has 1 aromatic heterocycles. The number of hydrogen-bond acceptors (Lipinski definition) is 4. The number of ether oxygens (including phenoxy) is 1. The molecule has 2 aromatic carbocycles. The molecule has 0 aliphatic rings. The molecule has 7 nitrogen and oxygen atoms in total. The van der Waals surface area contributed by atoms with Gasteiger partial charge in [-0.05, 0) is 37.1 Å². The normalized spacial score (nSPS) is 10.6. The van der Waals surface area contributed by atoms with Crippen LogP contribution in [0.1, 0.15) is 25.1 Å². The lowest BCUT2D eigenvalue weighted by Gasteiger charge is -2.20. The summed E-state index contributed by atoms with van der Waals surface area (Å²) in [6.45, 7) is 9.30. The van der Waals surface area contributed by atoms with E-state index in [1.54, 1.807) is 17.1 Å². The quantitative estimate of drug-likeness (QED) is 0.265. The Morgan fingerprint density at radius 3 is 2.43 bits per heavy atom. The van der Waals surface area contributed by atoms with Gasteiger partial charge in [0.15, 0.2) is 6.61 Å². The second-order valence-corrected chi connectivity index (χ2v) is 8.24. The van der Waals surface area contributed by atoms with E-state index in [4.69, 9.17) is 9.72 Å². The largest absolute Gasteiger partial charge is 0.484 e. The average molecular weight is 475 g/mol. The fraction of sp³-hybridized carbons (Fsp3) is 0.321. The molecule has 0 bridgehead atoms. The van der Waals surface area contributed by atoms with Crippen LogP contribution in [-0.4, -0.2) is 52.5 Å². The third kappa shape index (κ3) is 7.84. The van der Waals surface area contributed by atoms with Gasteiger partial charge in [-0.25, -0.2) is 4.98 Å². The van der Waals surface area contributed by atoms with Crippen LogP contribution in [0.2, 0.25) is 0 Å². The summed E-state index contributed by atoms with van der Waals surface area (Å²) >= 11 is 0. The Labute approximate surface area is 207 Å². The van der Waals surface area contributed by atoms with Crippen LogP contribution < -0.4 is 10.1 Å². The molecule has 3 aromatic rings. The van der Waals surface area contributed by atoms with Crippen molar-refractivity contribution in [1.82, 2.24) is 19.8 Å². The van der Waals surface area contributed by atoms with E-state index >= 15 is 0 Å². The summed E-state index contributed by atoms with van der Waals surface area (Å²) in [7, 11) is 0. The van der Waals surface area contributed by atoms with Gasteiger partial charge in [0.2, 0.25) is 5.91 Å². The number of unbranched alkanes of at least 4 members (excludes halogenated alkanes) is 2. The van der Waals surface area contributed by atoms with Gasteiger partial charge < -0.3 is 19.5 Å². The van der Waals surface area contributed by atoms with Crippen molar-refractivity contribution in [3.8, 4) is 5.75 Å². The van der Waals surface area contributed by atoms with Gasteiger partial charge in [0.1, 0.15) is 18.1 Å². The summed E-state index contributed by atoms with van der Waals surface area (Å²) in [6.07, 6.45) is 6.92. The van der Waals surface area contributed by atoms with Crippen LogP contribution in [-0.2, 0) is 22.6 Å². The van der Waals surface area contributed by atoms with E-state index in [0.717, 1.165) is 42.5 Å². The van der Waals surface area contributed by atoms with Gasteiger partial charge >= 0.3 is 0 Å². The van der Waals surface area contributed by atoms with Gasteiger partial charge in [-0.3, -0.25) is 9.59 Å². The molecule has 0 unspecified atom stereocenters. The van der Waals surface area contributed by atoms with Gasteiger partial charge in [0.25, 0.3) is 5.91 Å². The SMILES string of the molecule is C=CCN(CC=C)C(=O)Cn1c(CCCCCNC(=O)COc2ccccc2)nc2ccccc21. The standard InChI is InChI=1S/C28H34N4O3/c1-3-19-31(20-4-2)28(34)21-32-25-16-11-10-15-24(25)30-26(32)17-9-6-12-18-29-27(33)22-35-23-13-7-5-8-14-23/h3-5,7-8,10-11,13-16H,1-2,6,9,12,17-22H2,(H,29,33). The molecule has 2 amide bonds. The summed E-state index contributed by atoms with van der Waals surface area (Å²) < 4.78 is 7.47. The zero-order valence-electron chi connectivity index (χ0n) is 20.2. The number of amides is 2. The van der Waals surface area contributed by atoms with E-state index in [1.165, 1.54) is 0 Å². The summed E-state index contributed by atoms with van der Waals surface area (Å²) in [6, 6.07) is 17.2.